The van der Waals surface area contributed by atoms with Crippen molar-refractivity contribution in [2.75, 3.05) is 24.6 Å². The summed E-state index contributed by atoms with van der Waals surface area (Å²) >= 11 is 1.94. The van der Waals surface area contributed by atoms with Crippen LogP contribution >= 0.6 is 11.8 Å². The number of hydrogen-bond donors (Lipinski definition) is 2. The maximum Gasteiger partial charge on any atom is 0.256 e. The molecule has 1 aliphatic rings. The number of aromatic nitrogens is 1. The van der Waals surface area contributed by atoms with Crippen molar-refractivity contribution in [2.45, 2.75) is 25.0 Å². The lowest BCUT2D eigenvalue weighted by molar-refractivity contribution is 0.0766. The summed E-state index contributed by atoms with van der Waals surface area (Å²) in [5, 5.41) is 0.913. The summed E-state index contributed by atoms with van der Waals surface area (Å²) in [7, 11) is 0. The van der Waals surface area contributed by atoms with Gasteiger partial charge in [-0.15, -0.1) is 0 Å². The lowest BCUT2D eigenvalue weighted by Crippen LogP contribution is -2.33. The predicted octanol–water partition coefficient (Wildman–Crippen LogP) is 3.11. The second-order valence-corrected chi connectivity index (χ2v) is 7.96. The number of nitrogen functional groups attached to an aromatic ring is 1. The van der Waals surface area contributed by atoms with E-state index in [1.165, 1.54) is 0 Å². The van der Waals surface area contributed by atoms with Crippen molar-refractivity contribution in [1.82, 2.24) is 9.88 Å². The fourth-order valence-corrected chi connectivity index (χ4v) is 3.81. The van der Waals surface area contributed by atoms with Crippen molar-refractivity contribution in [3.05, 3.63) is 30.0 Å². The van der Waals surface area contributed by atoms with Gasteiger partial charge in [-0.1, -0.05) is 13.8 Å². The highest BCUT2D eigenvalue weighted by Gasteiger charge is 2.27. The monoisotopic (exact) mass is 303 g/mol. The molecule has 2 aromatic rings. The van der Waals surface area contributed by atoms with E-state index < -0.39 is 0 Å². The van der Waals surface area contributed by atoms with Crippen LogP contribution in [0.2, 0.25) is 0 Å². The highest BCUT2D eigenvalue weighted by molar-refractivity contribution is 8.00. The molecule has 1 aliphatic heterocycles. The molecular weight excluding hydrogens is 282 g/mol. The van der Waals surface area contributed by atoms with Crippen molar-refractivity contribution in [1.29, 1.82) is 0 Å². The van der Waals surface area contributed by atoms with Crippen LogP contribution in [-0.2, 0) is 0 Å². The highest BCUT2D eigenvalue weighted by atomic mass is 32.2. The number of anilines is 1. The van der Waals surface area contributed by atoms with Crippen molar-refractivity contribution in [2.24, 2.45) is 0 Å². The SMILES string of the molecule is CC1(C)CCN(C(=O)c2c[nH]c3ccc(N)cc23)CCS1. The van der Waals surface area contributed by atoms with Crippen molar-refractivity contribution in [3.8, 4) is 0 Å². The second-order valence-electron chi connectivity index (χ2n) is 6.16. The first-order chi connectivity index (χ1) is 9.96. The topological polar surface area (TPSA) is 62.1 Å². The molecule has 1 fully saturated rings. The maximum atomic E-state index is 12.8. The third-order valence-corrected chi connectivity index (χ3v) is 5.43. The number of aromatic amines is 1. The number of fused-ring (bicyclic) bond motifs is 1. The minimum Gasteiger partial charge on any atom is -0.399 e. The number of benzene rings is 1. The molecule has 5 heteroatoms. The van der Waals surface area contributed by atoms with Crippen LogP contribution in [0.25, 0.3) is 10.9 Å². The molecule has 3 N–H and O–H groups in total. The number of carbonyl (C=O) groups is 1. The summed E-state index contributed by atoms with van der Waals surface area (Å²) in [4.78, 5) is 17.9. The molecule has 1 aromatic carbocycles. The lowest BCUT2D eigenvalue weighted by atomic mass is 10.1. The van der Waals surface area contributed by atoms with E-state index in [0.717, 1.165) is 41.7 Å². The standard InChI is InChI=1S/C16H21N3OS/c1-16(2)5-6-19(7-8-21-16)15(20)13-10-18-14-4-3-11(17)9-12(13)14/h3-4,9-10,18H,5-8,17H2,1-2H3. The first kappa shape index (κ1) is 14.3. The van der Waals surface area contributed by atoms with Crippen LogP contribution in [0.3, 0.4) is 0 Å². The molecule has 1 amide bonds. The molecule has 112 valence electrons. The van der Waals surface area contributed by atoms with Gasteiger partial charge in [0.05, 0.1) is 5.56 Å². The van der Waals surface area contributed by atoms with Gasteiger partial charge < -0.3 is 15.6 Å². The van der Waals surface area contributed by atoms with Gasteiger partial charge >= 0.3 is 0 Å². The summed E-state index contributed by atoms with van der Waals surface area (Å²) in [6.45, 7) is 6.12. The van der Waals surface area contributed by atoms with Gasteiger partial charge in [-0.05, 0) is 24.6 Å². The number of nitrogens with two attached hydrogens (primary N) is 1. The van der Waals surface area contributed by atoms with Gasteiger partial charge in [0.25, 0.3) is 5.91 Å². The minimum atomic E-state index is 0.102. The largest absolute Gasteiger partial charge is 0.399 e. The van der Waals surface area contributed by atoms with Crippen molar-refractivity contribution in [3.63, 3.8) is 0 Å². The van der Waals surface area contributed by atoms with Crippen LogP contribution in [0.4, 0.5) is 5.69 Å². The van der Waals surface area contributed by atoms with Gasteiger partial charge in [0.2, 0.25) is 0 Å². The number of carbonyl (C=O) groups excluding carboxylic acids is 1. The first-order valence-electron chi connectivity index (χ1n) is 7.26. The summed E-state index contributed by atoms with van der Waals surface area (Å²) in [5.41, 5.74) is 8.21. The van der Waals surface area contributed by atoms with Crippen LogP contribution in [0.15, 0.2) is 24.4 Å². The van der Waals surface area contributed by atoms with Crippen LogP contribution in [0.1, 0.15) is 30.6 Å². The molecule has 0 unspecified atom stereocenters. The Bertz CT molecular complexity index is 677. The smallest absolute Gasteiger partial charge is 0.256 e. The molecule has 0 atom stereocenters. The van der Waals surface area contributed by atoms with E-state index in [0.29, 0.717) is 5.69 Å². The molecule has 21 heavy (non-hydrogen) atoms. The third-order valence-electron chi connectivity index (χ3n) is 4.06. The normalized spacial score (nSPS) is 18.7. The summed E-state index contributed by atoms with van der Waals surface area (Å²) in [6.07, 6.45) is 2.82. The van der Waals surface area contributed by atoms with Crippen LogP contribution < -0.4 is 5.73 Å². The highest BCUT2D eigenvalue weighted by Crippen LogP contribution is 2.31. The average Bonchev–Trinajstić information content (AvgIpc) is 2.75. The Morgan fingerprint density at radius 1 is 1.38 bits per heavy atom. The zero-order chi connectivity index (χ0) is 15.0. The van der Waals surface area contributed by atoms with E-state index in [4.69, 9.17) is 5.73 Å². The predicted molar refractivity (Wildman–Crippen MR) is 89.8 cm³/mol. The summed E-state index contributed by atoms with van der Waals surface area (Å²) in [6, 6.07) is 5.64. The van der Waals surface area contributed by atoms with Gasteiger partial charge in [-0.2, -0.15) is 11.8 Å². The van der Waals surface area contributed by atoms with Gasteiger partial charge in [-0.25, -0.2) is 0 Å². The second kappa shape index (κ2) is 5.30. The van der Waals surface area contributed by atoms with Gasteiger partial charge in [0.1, 0.15) is 0 Å². The van der Waals surface area contributed by atoms with E-state index in [9.17, 15) is 4.79 Å². The molecule has 0 aliphatic carbocycles. The zero-order valence-electron chi connectivity index (χ0n) is 12.5. The van der Waals surface area contributed by atoms with Crippen LogP contribution in [-0.4, -0.2) is 39.4 Å². The fourth-order valence-electron chi connectivity index (χ4n) is 2.71. The number of thioether (sulfide) groups is 1. The molecule has 0 radical (unpaired) electrons. The Morgan fingerprint density at radius 3 is 3.00 bits per heavy atom. The molecular formula is C16H21N3OS. The number of nitrogens with one attached hydrogen (secondary N) is 1. The minimum absolute atomic E-state index is 0.102. The molecule has 3 rings (SSSR count). The van der Waals surface area contributed by atoms with Gasteiger partial charge in [0, 0.05) is 46.4 Å². The molecule has 1 saturated heterocycles. The lowest BCUT2D eigenvalue weighted by Gasteiger charge is -2.22. The Hall–Kier alpha value is -1.62. The molecule has 0 spiro atoms. The zero-order valence-corrected chi connectivity index (χ0v) is 13.3. The number of H-pyrrole nitrogens is 1. The molecule has 0 saturated carbocycles. The number of nitrogens with zero attached hydrogens (tertiary/aromatic N) is 1. The summed E-state index contributed by atoms with van der Waals surface area (Å²) in [5.74, 6) is 1.09. The third kappa shape index (κ3) is 2.88. The quantitative estimate of drug-likeness (QED) is 0.796. The first-order valence-corrected chi connectivity index (χ1v) is 8.25. The number of amides is 1. The van der Waals surface area contributed by atoms with Crippen LogP contribution in [0, 0.1) is 0 Å². The Morgan fingerprint density at radius 2 is 2.19 bits per heavy atom. The Balaban J connectivity index is 1.88. The van der Waals surface area contributed by atoms with E-state index in [1.54, 1.807) is 6.20 Å². The van der Waals surface area contributed by atoms with E-state index in [2.05, 4.69) is 18.8 Å². The number of rotatable bonds is 1. The van der Waals surface area contributed by atoms with Crippen molar-refractivity contribution < 1.29 is 4.79 Å². The molecule has 4 nitrogen and oxygen atoms in total. The Kier molecular flexibility index (Phi) is 3.61. The molecule has 2 heterocycles. The molecule has 1 aromatic heterocycles. The number of hydrogen-bond acceptors (Lipinski definition) is 3. The van der Waals surface area contributed by atoms with Gasteiger partial charge in [0.15, 0.2) is 0 Å². The molecule has 0 bridgehead atoms. The van der Waals surface area contributed by atoms with Gasteiger partial charge in [-0.3, -0.25) is 4.79 Å². The Labute approximate surface area is 129 Å². The van der Waals surface area contributed by atoms with E-state index in [1.807, 2.05) is 34.9 Å². The van der Waals surface area contributed by atoms with Crippen LogP contribution in [0.5, 0.6) is 0 Å². The van der Waals surface area contributed by atoms with Crippen molar-refractivity contribution >= 4 is 34.3 Å². The fraction of sp³-hybridized carbons (Fsp3) is 0.438. The summed E-state index contributed by atoms with van der Waals surface area (Å²) < 4.78 is 0.250. The van der Waals surface area contributed by atoms with E-state index >= 15 is 0 Å². The van der Waals surface area contributed by atoms with E-state index in [-0.39, 0.29) is 10.7 Å². The maximum absolute atomic E-state index is 12.8. The average molecular weight is 303 g/mol.